The molecule has 0 atom stereocenters. The summed E-state index contributed by atoms with van der Waals surface area (Å²) < 4.78 is 0. The predicted octanol–water partition coefficient (Wildman–Crippen LogP) is 3.25. The molecule has 0 heterocycles. The molecule has 0 bridgehead atoms. The quantitative estimate of drug-likeness (QED) is 0.803. The molecule has 1 fully saturated rings. The fourth-order valence-electron chi connectivity index (χ4n) is 3.74. The lowest BCUT2D eigenvalue weighted by Crippen LogP contribution is -2.60. The zero-order valence-corrected chi connectivity index (χ0v) is 16.9. The van der Waals surface area contributed by atoms with Gasteiger partial charge in [0, 0.05) is 31.3 Å². The van der Waals surface area contributed by atoms with Crippen molar-refractivity contribution in [1.29, 1.82) is 0 Å². The van der Waals surface area contributed by atoms with Gasteiger partial charge in [-0.2, -0.15) is 0 Å². The van der Waals surface area contributed by atoms with Crippen LogP contribution in [0.3, 0.4) is 0 Å². The Hall–Kier alpha value is -2.37. The molecule has 6 nitrogen and oxygen atoms in total. The number of nitrogens with zero attached hydrogens (tertiary/aromatic N) is 1. The van der Waals surface area contributed by atoms with Crippen molar-refractivity contribution in [2.24, 2.45) is 0 Å². The molecule has 0 aromatic heterocycles. The van der Waals surface area contributed by atoms with Crippen LogP contribution >= 0.6 is 0 Å². The second-order valence-electron chi connectivity index (χ2n) is 7.29. The molecule has 148 valence electrons. The molecule has 6 heteroatoms. The topological polar surface area (TPSA) is 78.5 Å². The Kier molecular flexibility index (Phi) is 6.99. The van der Waals surface area contributed by atoms with E-state index in [4.69, 9.17) is 0 Å². The summed E-state index contributed by atoms with van der Waals surface area (Å²) in [6.45, 7) is 8.48. The number of rotatable bonds is 6. The summed E-state index contributed by atoms with van der Waals surface area (Å²) in [5.41, 5.74) is 1.11. The van der Waals surface area contributed by atoms with E-state index in [0.29, 0.717) is 37.2 Å². The van der Waals surface area contributed by atoms with E-state index in [1.165, 1.54) is 6.92 Å². The van der Waals surface area contributed by atoms with E-state index in [9.17, 15) is 14.4 Å². The zero-order chi connectivity index (χ0) is 20.0. The van der Waals surface area contributed by atoms with Crippen LogP contribution in [0.15, 0.2) is 18.2 Å². The van der Waals surface area contributed by atoms with Crippen LogP contribution in [0.25, 0.3) is 0 Å². The van der Waals surface area contributed by atoms with Gasteiger partial charge in [0.2, 0.25) is 11.8 Å². The monoisotopic (exact) mass is 373 g/mol. The van der Waals surface area contributed by atoms with Gasteiger partial charge in [0.15, 0.2) is 0 Å². The number of amides is 3. The molecule has 0 radical (unpaired) electrons. The first kappa shape index (κ1) is 20.9. The van der Waals surface area contributed by atoms with E-state index in [2.05, 4.69) is 10.6 Å². The molecule has 1 aromatic rings. The van der Waals surface area contributed by atoms with Gasteiger partial charge in [0.1, 0.15) is 5.54 Å². The van der Waals surface area contributed by atoms with Gasteiger partial charge in [-0.05, 0) is 51.3 Å². The third-order valence-electron chi connectivity index (χ3n) is 5.33. The highest BCUT2D eigenvalue weighted by Crippen LogP contribution is 2.31. The third-order valence-corrected chi connectivity index (χ3v) is 5.33. The van der Waals surface area contributed by atoms with Gasteiger partial charge in [0.25, 0.3) is 5.91 Å². The Morgan fingerprint density at radius 1 is 1.07 bits per heavy atom. The standard InChI is InChI=1S/C21H31N3O3/c1-5-24(6-2)20(27)21(12-8-7-9-13-21)23-19(26)17-11-10-15(3)18(14-17)22-16(4)25/h10-11,14H,5-9,12-13H2,1-4H3,(H,22,25)(H,23,26). The largest absolute Gasteiger partial charge is 0.341 e. The number of hydrogen-bond donors (Lipinski definition) is 2. The Morgan fingerprint density at radius 2 is 1.70 bits per heavy atom. The minimum absolute atomic E-state index is 0.00902. The Bertz CT molecular complexity index is 705. The van der Waals surface area contributed by atoms with Crippen LogP contribution in [0, 0.1) is 6.92 Å². The highest BCUT2D eigenvalue weighted by atomic mass is 16.2. The van der Waals surface area contributed by atoms with Crippen molar-refractivity contribution in [1.82, 2.24) is 10.2 Å². The second kappa shape index (κ2) is 9.02. The first-order valence-electron chi connectivity index (χ1n) is 9.83. The third kappa shape index (κ3) is 4.87. The lowest BCUT2D eigenvalue weighted by atomic mass is 9.80. The maximum absolute atomic E-state index is 13.2. The summed E-state index contributed by atoms with van der Waals surface area (Å²) in [5.74, 6) is -0.449. The maximum atomic E-state index is 13.2. The van der Waals surface area contributed by atoms with E-state index in [-0.39, 0.29) is 17.7 Å². The summed E-state index contributed by atoms with van der Waals surface area (Å²) in [5, 5.41) is 5.80. The number of nitrogens with one attached hydrogen (secondary N) is 2. The molecule has 1 aromatic carbocycles. The first-order valence-corrected chi connectivity index (χ1v) is 9.83. The first-order chi connectivity index (χ1) is 12.8. The number of hydrogen-bond acceptors (Lipinski definition) is 3. The Labute approximate surface area is 161 Å². The molecule has 1 aliphatic rings. The minimum atomic E-state index is -0.833. The van der Waals surface area contributed by atoms with Crippen LogP contribution in [0.4, 0.5) is 5.69 Å². The molecule has 1 saturated carbocycles. The van der Waals surface area contributed by atoms with Crippen LogP contribution in [0.5, 0.6) is 0 Å². The van der Waals surface area contributed by atoms with Crippen molar-refractivity contribution < 1.29 is 14.4 Å². The molecule has 2 N–H and O–H groups in total. The minimum Gasteiger partial charge on any atom is -0.341 e. The summed E-state index contributed by atoms with van der Waals surface area (Å²) in [7, 11) is 0. The van der Waals surface area contributed by atoms with Crippen molar-refractivity contribution in [3.05, 3.63) is 29.3 Å². The molecule has 3 amide bonds. The molecule has 0 unspecified atom stereocenters. The number of benzene rings is 1. The average Bonchev–Trinajstić information content (AvgIpc) is 2.64. The summed E-state index contributed by atoms with van der Waals surface area (Å²) in [6.07, 6.45) is 4.27. The van der Waals surface area contributed by atoms with E-state index in [1.54, 1.807) is 23.1 Å². The van der Waals surface area contributed by atoms with Gasteiger partial charge >= 0.3 is 0 Å². The van der Waals surface area contributed by atoms with E-state index >= 15 is 0 Å². The predicted molar refractivity (Wildman–Crippen MR) is 107 cm³/mol. The molecule has 27 heavy (non-hydrogen) atoms. The van der Waals surface area contributed by atoms with Crippen LogP contribution in [0.2, 0.25) is 0 Å². The molecular formula is C21H31N3O3. The van der Waals surface area contributed by atoms with Gasteiger partial charge in [-0.15, -0.1) is 0 Å². The summed E-state index contributed by atoms with van der Waals surface area (Å²) in [4.78, 5) is 39.3. The number of anilines is 1. The van der Waals surface area contributed by atoms with Gasteiger partial charge in [-0.1, -0.05) is 25.3 Å². The van der Waals surface area contributed by atoms with Crippen molar-refractivity contribution in [3.8, 4) is 0 Å². The van der Waals surface area contributed by atoms with Gasteiger partial charge in [0.05, 0.1) is 0 Å². The number of aryl methyl sites for hydroxylation is 1. The zero-order valence-electron chi connectivity index (χ0n) is 16.9. The molecular weight excluding hydrogens is 342 g/mol. The second-order valence-corrected chi connectivity index (χ2v) is 7.29. The fraction of sp³-hybridized carbons (Fsp3) is 0.571. The lowest BCUT2D eigenvalue weighted by Gasteiger charge is -2.40. The smallest absolute Gasteiger partial charge is 0.252 e. The van der Waals surface area contributed by atoms with Gasteiger partial charge in [-0.25, -0.2) is 0 Å². The Balaban J connectivity index is 2.28. The molecule has 0 aliphatic heterocycles. The lowest BCUT2D eigenvalue weighted by molar-refractivity contribution is -0.139. The van der Waals surface area contributed by atoms with Gasteiger partial charge in [-0.3, -0.25) is 14.4 Å². The van der Waals surface area contributed by atoms with E-state index in [1.807, 2.05) is 20.8 Å². The van der Waals surface area contributed by atoms with Gasteiger partial charge < -0.3 is 15.5 Å². The summed E-state index contributed by atoms with van der Waals surface area (Å²) in [6, 6.07) is 5.21. The number of carbonyl (C=O) groups is 3. The summed E-state index contributed by atoms with van der Waals surface area (Å²) >= 11 is 0. The highest BCUT2D eigenvalue weighted by Gasteiger charge is 2.42. The molecule has 0 spiro atoms. The van der Waals surface area contributed by atoms with E-state index in [0.717, 1.165) is 24.8 Å². The number of carbonyl (C=O) groups excluding carboxylic acids is 3. The highest BCUT2D eigenvalue weighted by molar-refractivity contribution is 6.01. The average molecular weight is 373 g/mol. The number of likely N-dealkylation sites (N-methyl/N-ethyl adjacent to an activating group) is 1. The van der Waals surface area contributed by atoms with Crippen molar-refractivity contribution in [3.63, 3.8) is 0 Å². The van der Waals surface area contributed by atoms with E-state index < -0.39 is 5.54 Å². The van der Waals surface area contributed by atoms with Crippen molar-refractivity contribution >= 4 is 23.4 Å². The normalized spacial score (nSPS) is 15.7. The van der Waals surface area contributed by atoms with Crippen molar-refractivity contribution in [2.75, 3.05) is 18.4 Å². The van der Waals surface area contributed by atoms with Crippen LogP contribution in [-0.4, -0.2) is 41.2 Å². The van der Waals surface area contributed by atoms with Crippen molar-refractivity contribution in [2.45, 2.75) is 65.3 Å². The van der Waals surface area contributed by atoms with Crippen LogP contribution in [0.1, 0.15) is 68.8 Å². The fourth-order valence-corrected chi connectivity index (χ4v) is 3.74. The molecule has 2 rings (SSSR count). The SMILES string of the molecule is CCN(CC)C(=O)C1(NC(=O)c2ccc(C)c(NC(C)=O)c2)CCCCC1. The Morgan fingerprint density at radius 3 is 2.26 bits per heavy atom. The van der Waals surface area contributed by atoms with Crippen LogP contribution in [-0.2, 0) is 9.59 Å². The molecule has 1 aliphatic carbocycles. The molecule has 0 saturated heterocycles. The van der Waals surface area contributed by atoms with Crippen LogP contribution < -0.4 is 10.6 Å². The maximum Gasteiger partial charge on any atom is 0.252 e.